The second-order valence-corrected chi connectivity index (χ2v) is 6.33. The van der Waals surface area contributed by atoms with Crippen LogP contribution in [0.1, 0.15) is 32.3 Å². The molecule has 0 aliphatic carbocycles. The number of benzene rings is 1. The zero-order chi connectivity index (χ0) is 17.5. The van der Waals surface area contributed by atoms with E-state index >= 15 is 0 Å². The standard InChI is InChI=1S/C18H26FN3O2/c1-3-20-17(23)15-8-6-10-22(12-15)18(24)21-13(2)11-14-7-4-5-9-16(14)19/h4-5,7,9,13,15H,3,6,8,10-12H2,1-2H3,(H,20,23)(H,21,24). The lowest BCUT2D eigenvalue weighted by atomic mass is 9.97. The quantitative estimate of drug-likeness (QED) is 0.867. The second kappa shape index (κ2) is 8.66. The molecule has 2 N–H and O–H groups in total. The molecule has 1 aromatic carbocycles. The summed E-state index contributed by atoms with van der Waals surface area (Å²) in [4.78, 5) is 26.0. The number of hydrogen-bond acceptors (Lipinski definition) is 2. The van der Waals surface area contributed by atoms with E-state index < -0.39 is 0 Å². The molecule has 0 radical (unpaired) electrons. The summed E-state index contributed by atoms with van der Waals surface area (Å²) in [6.45, 7) is 5.42. The smallest absolute Gasteiger partial charge is 0.317 e. The van der Waals surface area contributed by atoms with Crippen molar-refractivity contribution in [2.75, 3.05) is 19.6 Å². The van der Waals surface area contributed by atoms with Crippen LogP contribution in [0.2, 0.25) is 0 Å². The maximum atomic E-state index is 13.7. The van der Waals surface area contributed by atoms with Crippen molar-refractivity contribution in [3.8, 4) is 0 Å². The van der Waals surface area contributed by atoms with Gasteiger partial charge >= 0.3 is 6.03 Å². The SMILES string of the molecule is CCNC(=O)C1CCCN(C(=O)NC(C)Cc2ccccc2F)C1. The molecule has 2 atom stereocenters. The number of rotatable bonds is 5. The Labute approximate surface area is 142 Å². The Morgan fingerprint density at radius 3 is 2.83 bits per heavy atom. The normalized spacial score (nSPS) is 18.8. The van der Waals surface area contributed by atoms with Crippen LogP contribution in [0.15, 0.2) is 24.3 Å². The van der Waals surface area contributed by atoms with Gasteiger partial charge in [-0.3, -0.25) is 4.79 Å². The van der Waals surface area contributed by atoms with Gasteiger partial charge in [0, 0.05) is 25.7 Å². The largest absolute Gasteiger partial charge is 0.356 e. The number of urea groups is 1. The monoisotopic (exact) mass is 335 g/mol. The maximum Gasteiger partial charge on any atom is 0.317 e. The molecule has 6 heteroatoms. The lowest BCUT2D eigenvalue weighted by Gasteiger charge is -2.33. The third kappa shape index (κ3) is 4.94. The van der Waals surface area contributed by atoms with E-state index in [-0.39, 0.29) is 29.7 Å². The predicted molar refractivity (Wildman–Crippen MR) is 91.1 cm³/mol. The summed E-state index contributed by atoms with van der Waals surface area (Å²) in [6, 6.07) is 6.22. The molecule has 2 unspecified atom stereocenters. The number of halogens is 1. The number of piperidine rings is 1. The van der Waals surface area contributed by atoms with Gasteiger partial charge in [-0.15, -0.1) is 0 Å². The first kappa shape index (κ1) is 18.2. The molecule has 3 amide bonds. The van der Waals surface area contributed by atoms with Crippen molar-refractivity contribution < 1.29 is 14.0 Å². The molecule has 1 aliphatic heterocycles. The number of hydrogen-bond donors (Lipinski definition) is 2. The molecule has 1 aromatic rings. The highest BCUT2D eigenvalue weighted by atomic mass is 19.1. The van der Waals surface area contributed by atoms with Crippen LogP contribution in [-0.2, 0) is 11.2 Å². The highest BCUT2D eigenvalue weighted by Gasteiger charge is 2.28. The van der Waals surface area contributed by atoms with E-state index in [2.05, 4.69) is 10.6 Å². The first-order valence-electron chi connectivity index (χ1n) is 8.57. The molecule has 0 spiro atoms. The maximum absolute atomic E-state index is 13.7. The third-order valence-corrected chi connectivity index (χ3v) is 4.28. The molecule has 5 nitrogen and oxygen atoms in total. The number of carbonyl (C=O) groups excluding carboxylic acids is 2. The zero-order valence-corrected chi connectivity index (χ0v) is 14.3. The van der Waals surface area contributed by atoms with Crippen molar-refractivity contribution in [2.45, 2.75) is 39.2 Å². The summed E-state index contributed by atoms with van der Waals surface area (Å²) in [5.41, 5.74) is 0.587. The summed E-state index contributed by atoms with van der Waals surface area (Å²) in [6.07, 6.45) is 2.06. The zero-order valence-electron chi connectivity index (χ0n) is 14.3. The van der Waals surface area contributed by atoms with Gasteiger partial charge in [0.05, 0.1) is 5.92 Å². The van der Waals surface area contributed by atoms with Crippen LogP contribution in [0.4, 0.5) is 9.18 Å². The van der Waals surface area contributed by atoms with E-state index in [1.807, 2.05) is 13.8 Å². The Hall–Kier alpha value is -2.11. The average molecular weight is 335 g/mol. The molecule has 1 heterocycles. The Morgan fingerprint density at radius 1 is 1.38 bits per heavy atom. The van der Waals surface area contributed by atoms with Gasteiger partial charge in [0.15, 0.2) is 0 Å². The van der Waals surface area contributed by atoms with Gasteiger partial charge in [0.1, 0.15) is 5.82 Å². The first-order chi connectivity index (χ1) is 11.5. The van der Waals surface area contributed by atoms with Crippen LogP contribution in [-0.4, -0.2) is 42.5 Å². The molecule has 2 rings (SSSR count). The molecule has 0 bridgehead atoms. The Morgan fingerprint density at radius 2 is 2.12 bits per heavy atom. The second-order valence-electron chi connectivity index (χ2n) is 6.33. The predicted octanol–water partition coefficient (Wildman–Crippen LogP) is 2.31. The molecule has 132 valence electrons. The molecule has 1 saturated heterocycles. The van der Waals surface area contributed by atoms with Crippen molar-refractivity contribution in [1.29, 1.82) is 0 Å². The Kier molecular flexibility index (Phi) is 6.58. The number of amides is 3. The van der Waals surface area contributed by atoms with Gasteiger partial charge in [-0.25, -0.2) is 9.18 Å². The van der Waals surface area contributed by atoms with E-state index in [4.69, 9.17) is 0 Å². The van der Waals surface area contributed by atoms with Crippen molar-refractivity contribution in [3.05, 3.63) is 35.6 Å². The van der Waals surface area contributed by atoms with Gasteiger partial charge in [-0.1, -0.05) is 18.2 Å². The minimum absolute atomic E-state index is 0.00871. The minimum Gasteiger partial charge on any atom is -0.356 e. The van der Waals surface area contributed by atoms with Gasteiger partial charge in [-0.05, 0) is 44.7 Å². The summed E-state index contributed by atoms with van der Waals surface area (Å²) >= 11 is 0. The van der Waals surface area contributed by atoms with E-state index in [1.54, 1.807) is 23.1 Å². The molecular formula is C18H26FN3O2. The van der Waals surface area contributed by atoms with Crippen LogP contribution in [0, 0.1) is 11.7 Å². The lowest BCUT2D eigenvalue weighted by Crippen LogP contribution is -2.50. The van der Waals surface area contributed by atoms with Crippen molar-refractivity contribution in [1.82, 2.24) is 15.5 Å². The van der Waals surface area contributed by atoms with E-state index in [0.29, 0.717) is 31.6 Å². The molecule has 1 fully saturated rings. The van der Waals surface area contributed by atoms with E-state index in [9.17, 15) is 14.0 Å². The summed E-state index contributed by atoms with van der Waals surface area (Å²) in [5.74, 6) is -0.395. The third-order valence-electron chi connectivity index (χ3n) is 4.28. The molecule has 24 heavy (non-hydrogen) atoms. The highest BCUT2D eigenvalue weighted by Crippen LogP contribution is 2.17. The summed E-state index contributed by atoms with van der Waals surface area (Å²) in [5, 5.41) is 5.72. The highest BCUT2D eigenvalue weighted by molar-refractivity contribution is 5.80. The number of nitrogens with one attached hydrogen (secondary N) is 2. The minimum atomic E-state index is -0.257. The fraction of sp³-hybridized carbons (Fsp3) is 0.556. The fourth-order valence-electron chi connectivity index (χ4n) is 3.04. The van der Waals surface area contributed by atoms with Crippen LogP contribution >= 0.6 is 0 Å². The molecule has 0 aromatic heterocycles. The molecule has 0 saturated carbocycles. The topological polar surface area (TPSA) is 61.4 Å². The van der Waals surface area contributed by atoms with Crippen molar-refractivity contribution in [2.24, 2.45) is 5.92 Å². The summed E-state index contributed by atoms with van der Waals surface area (Å²) in [7, 11) is 0. The number of likely N-dealkylation sites (tertiary alicyclic amines) is 1. The van der Waals surface area contributed by atoms with Gasteiger partial charge < -0.3 is 15.5 Å². The van der Waals surface area contributed by atoms with Crippen molar-refractivity contribution in [3.63, 3.8) is 0 Å². The average Bonchev–Trinajstić information content (AvgIpc) is 2.57. The van der Waals surface area contributed by atoms with E-state index in [0.717, 1.165) is 12.8 Å². The van der Waals surface area contributed by atoms with Crippen LogP contribution in [0.3, 0.4) is 0 Å². The van der Waals surface area contributed by atoms with Gasteiger partial charge in [0.25, 0.3) is 0 Å². The number of carbonyl (C=O) groups is 2. The fourth-order valence-corrected chi connectivity index (χ4v) is 3.04. The molecular weight excluding hydrogens is 309 g/mol. The molecule has 1 aliphatic rings. The Balaban J connectivity index is 1.87. The lowest BCUT2D eigenvalue weighted by molar-refractivity contribution is -0.126. The van der Waals surface area contributed by atoms with E-state index in [1.165, 1.54) is 6.07 Å². The van der Waals surface area contributed by atoms with Crippen LogP contribution in [0.25, 0.3) is 0 Å². The first-order valence-corrected chi connectivity index (χ1v) is 8.57. The Bertz CT molecular complexity index is 579. The summed E-state index contributed by atoms with van der Waals surface area (Å²) < 4.78 is 13.7. The van der Waals surface area contributed by atoms with Crippen LogP contribution < -0.4 is 10.6 Å². The van der Waals surface area contributed by atoms with Crippen LogP contribution in [0.5, 0.6) is 0 Å². The van der Waals surface area contributed by atoms with Gasteiger partial charge in [0.2, 0.25) is 5.91 Å². The van der Waals surface area contributed by atoms with Gasteiger partial charge in [-0.2, -0.15) is 0 Å². The van der Waals surface area contributed by atoms with Crippen molar-refractivity contribution >= 4 is 11.9 Å². The number of nitrogens with zero attached hydrogens (tertiary/aromatic N) is 1.